The molecule has 1 aromatic heterocycles. The summed E-state index contributed by atoms with van der Waals surface area (Å²) in [5, 5.41) is 1.26. The summed E-state index contributed by atoms with van der Waals surface area (Å²) in [6.07, 6.45) is 4.52. The van der Waals surface area contributed by atoms with Crippen LogP contribution >= 0.6 is 0 Å². The molecule has 3 aromatic carbocycles. The van der Waals surface area contributed by atoms with E-state index in [0.29, 0.717) is 6.54 Å². The number of nitrogens with one attached hydrogen (secondary N) is 1. The van der Waals surface area contributed by atoms with E-state index in [4.69, 9.17) is 0 Å². The number of aromatic amines is 1. The number of hydrogen-bond donors (Lipinski definition) is 1. The summed E-state index contributed by atoms with van der Waals surface area (Å²) in [7, 11) is 2.17. The number of rotatable bonds is 4. The van der Waals surface area contributed by atoms with E-state index in [1.54, 1.807) is 6.08 Å². The second kappa shape index (κ2) is 9.67. The maximum atomic E-state index is 13.5. The van der Waals surface area contributed by atoms with E-state index in [2.05, 4.69) is 82.5 Å². The molecule has 6 rings (SSSR count). The van der Waals surface area contributed by atoms with E-state index in [-0.39, 0.29) is 11.9 Å². The van der Waals surface area contributed by atoms with Crippen LogP contribution in [0, 0.1) is 0 Å². The zero-order chi connectivity index (χ0) is 24.5. The van der Waals surface area contributed by atoms with Gasteiger partial charge in [0.25, 0.3) is 0 Å². The molecule has 2 aliphatic heterocycles. The van der Waals surface area contributed by atoms with Crippen LogP contribution in [0.2, 0.25) is 0 Å². The van der Waals surface area contributed by atoms with Crippen molar-refractivity contribution in [1.29, 1.82) is 0 Å². The van der Waals surface area contributed by atoms with Crippen molar-refractivity contribution in [2.45, 2.75) is 12.5 Å². The summed E-state index contributed by atoms with van der Waals surface area (Å²) in [5.74, 6) is 0.0382. The van der Waals surface area contributed by atoms with Gasteiger partial charge in [-0.15, -0.1) is 0 Å². The molecule has 0 bridgehead atoms. The van der Waals surface area contributed by atoms with Crippen molar-refractivity contribution in [2.75, 3.05) is 44.7 Å². The Morgan fingerprint density at radius 1 is 0.861 bits per heavy atom. The zero-order valence-corrected chi connectivity index (χ0v) is 20.7. The zero-order valence-electron chi connectivity index (χ0n) is 20.7. The first-order valence-corrected chi connectivity index (χ1v) is 12.8. The standard InChI is InChI=1S/C31H32N4O/c1-33-19-21-34(22-20-33)25-14-11-23(12-15-25)13-16-29(36)35-18-17-27-26-9-5-6-10-28(26)32-30(27)31(35)24-7-3-2-4-8-24/h2-16,31-32H,17-22H2,1H3. The molecule has 1 unspecified atom stereocenters. The van der Waals surface area contributed by atoms with E-state index >= 15 is 0 Å². The average molecular weight is 477 g/mol. The van der Waals surface area contributed by atoms with E-state index in [1.807, 2.05) is 29.2 Å². The Hall–Kier alpha value is -3.83. The Bertz CT molecular complexity index is 1380. The van der Waals surface area contributed by atoms with Gasteiger partial charge in [-0.2, -0.15) is 0 Å². The normalized spacial score (nSPS) is 18.6. The fourth-order valence-corrected chi connectivity index (χ4v) is 5.58. The first kappa shape index (κ1) is 22.6. The number of amides is 1. The third kappa shape index (κ3) is 4.31. The largest absolute Gasteiger partial charge is 0.369 e. The molecule has 0 spiro atoms. The Labute approximate surface area is 212 Å². The van der Waals surface area contributed by atoms with Crippen molar-refractivity contribution in [3.8, 4) is 0 Å². The molecule has 1 N–H and O–H groups in total. The van der Waals surface area contributed by atoms with Gasteiger partial charge in [-0.3, -0.25) is 4.79 Å². The monoisotopic (exact) mass is 476 g/mol. The number of likely N-dealkylation sites (N-methyl/N-ethyl adjacent to an activating group) is 1. The topological polar surface area (TPSA) is 42.6 Å². The van der Waals surface area contributed by atoms with Crippen molar-refractivity contribution in [3.05, 3.63) is 107 Å². The molecule has 1 saturated heterocycles. The third-order valence-corrected chi connectivity index (χ3v) is 7.61. The Morgan fingerprint density at radius 3 is 2.36 bits per heavy atom. The molecular formula is C31H32N4O. The van der Waals surface area contributed by atoms with Crippen molar-refractivity contribution in [1.82, 2.24) is 14.8 Å². The summed E-state index contributed by atoms with van der Waals surface area (Å²) >= 11 is 0. The van der Waals surface area contributed by atoms with Gasteiger partial charge in [0.05, 0.1) is 6.04 Å². The average Bonchev–Trinajstić information content (AvgIpc) is 3.31. The lowest BCUT2D eigenvalue weighted by atomic mass is 9.92. The number of hydrogen-bond acceptors (Lipinski definition) is 3. The van der Waals surface area contributed by atoms with Crippen LogP contribution in [0.1, 0.15) is 28.4 Å². The van der Waals surface area contributed by atoms with Crippen LogP contribution in [0.3, 0.4) is 0 Å². The lowest BCUT2D eigenvalue weighted by molar-refractivity contribution is -0.128. The molecule has 182 valence electrons. The van der Waals surface area contributed by atoms with Gasteiger partial charge in [0, 0.05) is 61.1 Å². The van der Waals surface area contributed by atoms with Gasteiger partial charge in [-0.1, -0.05) is 60.7 Å². The SMILES string of the molecule is CN1CCN(c2ccc(C=CC(=O)N3CCc4c([nH]c5ccccc45)C3c3ccccc3)cc2)CC1. The molecule has 5 nitrogen and oxygen atoms in total. The smallest absolute Gasteiger partial charge is 0.247 e. The number of carbonyl (C=O) groups is 1. The summed E-state index contributed by atoms with van der Waals surface area (Å²) in [5.41, 5.74) is 7.01. The van der Waals surface area contributed by atoms with E-state index in [0.717, 1.165) is 54.9 Å². The summed E-state index contributed by atoms with van der Waals surface area (Å²) < 4.78 is 0. The van der Waals surface area contributed by atoms with Crippen molar-refractivity contribution >= 4 is 28.6 Å². The van der Waals surface area contributed by atoms with E-state index in [1.165, 1.54) is 16.6 Å². The molecule has 5 heteroatoms. The summed E-state index contributed by atoms with van der Waals surface area (Å²) in [6.45, 7) is 4.98. The molecule has 36 heavy (non-hydrogen) atoms. The molecule has 0 radical (unpaired) electrons. The predicted octanol–water partition coefficient (Wildman–Crippen LogP) is 5.11. The number of benzene rings is 3. The summed E-state index contributed by atoms with van der Waals surface area (Å²) in [4.78, 5) is 24.0. The van der Waals surface area contributed by atoms with Crippen LogP contribution in [-0.4, -0.2) is 60.5 Å². The highest BCUT2D eigenvalue weighted by Crippen LogP contribution is 2.38. The minimum absolute atomic E-state index is 0.0382. The fourth-order valence-electron chi connectivity index (χ4n) is 5.58. The molecule has 0 aliphatic carbocycles. The third-order valence-electron chi connectivity index (χ3n) is 7.61. The number of aromatic nitrogens is 1. The van der Waals surface area contributed by atoms with Gasteiger partial charge in [0.15, 0.2) is 0 Å². The number of fused-ring (bicyclic) bond motifs is 3. The van der Waals surface area contributed by atoms with Crippen molar-refractivity contribution < 1.29 is 4.79 Å². The number of piperazine rings is 1. The number of nitrogens with zero attached hydrogens (tertiary/aromatic N) is 3. The fraction of sp³-hybridized carbons (Fsp3) is 0.258. The summed E-state index contributed by atoms with van der Waals surface area (Å²) in [6, 6.07) is 27.2. The van der Waals surface area contributed by atoms with Crippen LogP contribution in [0.5, 0.6) is 0 Å². The van der Waals surface area contributed by atoms with Gasteiger partial charge in [-0.25, -0.2) is 0 Å². The van der Waals surface area contributed by atoms with Crippen molar-refractivity contribution in [2.24, 2.45) is 0 Å². The van der Waals surface area contributed by atoms with Gasteiger partial charge in [0.1, 0.15) is 0 Å². The predicted molar refractivity (Wildman–Crippen MR) is 147 cm³/mol. The highest BCUT2D eigenvalue weighted by atomic mass is 16.2. The molecule has 0 saturated carbocycles. The number of carbonyl (C=O) groups excluding carboxylic acids is 1. The van der Waals surface area contributed by atoms with E-state index in [9.17, 15) is 4.79 Å². The van der Waals surface area contributed by atoms with Crippen LogP contribution in [0.25, 0.3) is 17.0 Å². The Balaban J connectivity index is 1.25. The lowest BCUT2D eigenvalue weighted by Gasteiger charge is -2.35. The van der Waals surface area contributed by atoms with Crippen LogP contribution < -0.4 is 4.90 Å². The maximum Gasteiger partial charge on any atom is 0.247 e. The van der Waals surface area contributed by atoms with Gasteiger partial charge >= 0.3 is 0 Å². The Kier molecular flexibility index (Phi) is 6.08. The maximum absolute atomic E-state index is 13.5. The van der Waals surface area contributed by atoms with Crippen LogP contribution in [0.4, 0.5) is 5.69 Å². The second-order valence-corrected chi connectivity index (χ2v) is 9.87. The molecule has 3 heterocycles. The quantitative estimate of drug-likeness (QED) is 0.417. The molecule has 1 fully saturated rings. The van der Waals surface area contributed by atoms with E-state index < -0.39 is 0 Å². The molecule has 1 atom stereocenters. The van der Waals surface area contributed by atoms with Crippen LogP contribution in [0.15, 0.2) is 84.9 Å². The highest BCUT2D eigenvalue weighted by molar-refractivity contribution is 5.93. The molecule has 4 aromatic rings. The Morgan fingerprint density at radius 2 is 1.58 bits per heavy atom. The van der Waals surface area contributed by atoms with Crippen molar-refractivity contribution in [3.63, 3.8) is 0 Å². The van der Waals surface area contributed by atoms with Crippen LogP contribution in [-0.2, 0) is 11.2 Å². The molecule has 2 aliphatic rings. The van der Waals surface area contributed by atoms with Gasteiger partial charge < -0.3 is 19.7 Å². The number of H-pyrrole nitrogens is 1. The first-order valence-electron chi connectivity index (χ1n) is 12.8. The number of para-hydroxylation sites is 1. The second-order valence-electron chi connectivity index (χ2n) is 9.87. The van der Waals surface area contributed by atoms with Gasteiger partial charge in [-0.05, 0) is 54.4 Å². The van der Waals surface area contributed by atoms with Gasteiger partial charge in [0.2, 0.25) is 5.91 Å². The first-order chi connectivity index (χ1) is 17.7. The molecule has 1 amide bonds. The highest BCUT2D eigenvalue weighted by Gasteiger charge is 2.33. The number of anilines is 1. The minimum atomic E-state index is -0.126. The lowest BCUT2D eigenvalue weighted by Crippen LogP contribution is -2.44. The molecular weight excluding hydrogens is 444 g/mol. The minimum Gasteiger partial charge on any atom is -0.369 e.